The number of pyridine rings is 1. The first-order chi connectivity index (χ1) is 16.2. The van der Waals surface area contributed by atoms with Crippen LogP contribution < -0.4 is 14.4 Å². The van der Waals surface area contributed by atoms with Gasteiger partial charge in [-0.15, -0.1) is 0 Å². The molecule has 0 radical (unpaired) electrons. The van der Waals surface area contributed by atoms with Crippen LogP contribution in [0.4, 0.5) is 18.9 Å². The maximum atomic E-state index is 13.6. The van der Waals surface area contributed by atoms with E-state index in [9.17, 15) is 18.0 Å². The number of benzene rings is 2. The summed E-state index contributed by atoms with van der Waals surface area (Å²) in [7, 11) is 4.51. The van der Waals surface area contributed by atoms with E-state index in [0.717, 1.165) is 6.07 Å². The zero-order valence-corrected chi connectivity index (χ0v) is 18.7. The van der Waals surface area contributed by atoms with Crippen molar-refractivity contribution in [1.29, 1.82) is 0 Å². The van der Waals surface area contributed by atoms with E-state index in [4.69, 9.17) is 14.0 Å². The molecule has 7 nitrogen and oxygen atoms in total. The molecule has 0 spiro atoms. The Bertz CT molecular complexity index is 1380. The lowest BCUT2D eigenvalue weighted by molar-refractivity contribution is -0.137. The van der Waals surface area contributed by atoms with Crippen LogP contribution in [0.5, 0.6) is 11.5 Å². The van der Waals surface area contributed by atoms with E-state index in [0.29, 0.717) is 28.3 Å². The van der Waals surface area contributed by atoms with Gasteiger partial charge in [0, 0.05) is 24.4 Å². The van der Waals surface area contributed by atoms with Crippen molar-refractivity contribution in [2.45, 2.75) is 13.1 Å². The first-order valence-electron chi connectivity index (χ1n) is 10.1. The van der Waals surface area contributed by atoms with Crippen molar-refractivity contribution < 1.29 is 32.0 Å². The molecular weight excluding hydrogens is 451 g/mol. The quantitative estimate of drug-likeness (QED) is 0.382. The van der Waals surface area contributed by atoms with Gasteiger partial charge in [-0.1, -0.05) is 23.4 Å². The van der Waals surface area contributed by atoms with Crippen LogP contribution in [0.1, 0.15) is 21.6 Å². The number of carbonyl (C=O) groups excluding carboxylic acids is 1. The number of aryl methyl sites for hydroxylation is 1. The van der Waals surface area contributed by atoms with Crippen molar-refractivity contribution in [1.82, 2.24) is 10.1 Å². The van der Waals surface area contributed by atoms with Gasteiger partial charge in [-0.05, 0) is 31.2 Å². The second-order valence-electron chi connectivity index (χ2n) is 7.45. The van der Waals surface area contributed by atoms with Gasteiger partial charge in [0.2, 0.25) is 0 Å². The minimum atomic E-state index is -4.61. The number of alkyl halides is 3. The third kappa shape index (κ3) is 4.02. The molecule has 0 unspecified atom stereocenters. The number of fused-ring (bicyclic) bond motifs is 1. The van der Waals surface area contributed by atoms with Crippen molar-refractivity contribution in [3.63, 3.8) is 0 Å². The summed E-state index contributed by atoms with van der Waals surface area (Å²) in [5.74, 6) is 0.413. The summed E-state index contributed by atoms with van der Waals surface area (Å²) < 4.78 is 56.7. The largest absolute Gasteiger partial charge is 0.493 e. The number of halogens is 3. The first kappa shape index (κ1) is 23.1. The Morgan fingerprint density at radius 3 is 2.41 bits per heavy atom. The molecule has 10 heteroatoms. The fourth-order valence-electron chi connectivity index (χ4n) is 3.69. The highest BCUT2D eigenvalue weighted by atomic mass is 19.4. The number of rotatable bonds is 5. The lowest BCUT2D eigenvalue weighted by Crippen LogP contribution is -2.26. The molecule has 0 aliphatic heterocycles. The molecule has 2 aromatic heterocycles. The summed E-state index contributed by atoms with van der Waals surface area (Å²) in [5.41, 5.74) is -0.149. The summed E-state index contributed by atoms with van der Waals surface area (Å²) >= 11 is 0. The molecule has 0 aliphatic carbocycles. The molecule has 0 aliphatic rings. The van der Waals surface area contributed by atoms with Gasteiger partial charge < -0.3 is 18.9 Å². The van der Waals surface area contributed by atoms with Gasteiger partial charge in [-0.3, -0.25) is 4.79 Å². The number of methoxy groups -OCH3 is 2. The van der Waals surface area contributed by atoms with Crippen LogP contribution in [-0.4, -0.2) is 37.3 Å². The molecule has 176 valence electrons. The highest BCUT2D eigenvalue weighted by Gasteiger charge is 2.34. The van der Waals surface area contributed by atoms with E-state index in [1.165, 1.54) is 43.4 Å². The summed E-state index contributed by atoms with van der Waals surface area (Å²) in [6.07, 6.45) is -4.61. The first-order valence-corrected chi connectivity index (χ1v) is 10.1. The average Bonchev–Trinajstić information content (AvgIpc) is 3.22. The van der Waals surface area contributed by atoms with E-state index in [1.54, 1.807) is 32.2 Å². The van der Waals surface area contributed by atoms with Crippen LogP contribution in [-0.2, 0) is 6.18 Å². The lowest BCUT2D eigenvalue weighted by Gasteiger charge is -2.20. The van der Waals surface area contributed by atoms with Gasteiger partial charge in [0.1, 0.15) is 0 Å². The van der Waals surface area contributed by atoms with Gasteiger partial charge in [0.25, 0.3) is 11.6 Å². The summed E-state index contributed by atoms with van der Waals surface area (Å²) in [5, 5.41) is 4.18. The SMILES string of the molecule is COc1ccc(N(C)C(=O)c2cc(-c3ccccc3C(F)(F)F)nc3onc(C)c23)cc1OC. The Morgan fingerprint density at radius 2 is 1.74 bits per heavy atom. The van der Waals surface area contributed by atoms with Gasteiger partial charge in [0.15, 0.2) is 11.5 Å². The molecule has 0 fully saturated rings. The molecule has 1 amide bonds. The van der Waals surface area contributed by atoms with Crippen molar-refractivity contribution in [2.75, 3.05) is 26.2 Å². The average molecular weight is 471 g/mol. The molecule has 4 rings (SSSR count). The minimum Gasteiger partial charge on any atom is -0.493 e. The van der Waals surface area contributed by atoms with Gasteiger partial charge >= 0.3 is 6.18 Å². The second-order valence-corrected chi connectivity index (χ2v) is 7.45. The van der Waals surface area contributed by atoms with Crippen LogP contribution in [0.2, 0.25) is 0 Å². The number of anilines is 1. The highest BCUT2D eigenvalue weighted by molar-refractivity contribution is 6.14. The second kappa shape index (κ2) is 8.69. The van der Waals surface area contributed by atoms with Crippen LogP contribution in [0.15, 0.2) is 53.1 Å². The van der Waals surface area contributed by atoms with E-state index < -0.39 is 17.6 Å². The number of nitrogens with zero attached hydrogens (tertiary/aromatic N) is 3. The van der Waals surface area contributed by atoms with Crippen molar-refractivity contribution in [3.8, 4) is 22.8 Å². The zero-order valence-electron chi connectivity index (χ0n) is 18.7. The molecule has 0 N–H and O–H groups in total. The summed E-state index contributed by atoms with van der Waals surface area (Å²) in [6.45, 7) is 1.63. The van der Waals surface area contributed by atoms with Crippen LogP contribution in [0, 0.1) is 6.92 Å². The van der Waals surface area contributed by atoms with Crippen LogP contribution in [0.25, 0.3) is 22.4 Å². The van der Waals surface area contributed by atoms with Gasteiger partial charge in [-0.25, -0.2) is 4.98 Å². The summed E-state index contributed by atoms with van der Waals surface area (Å²) in [4.78, 5) is 19.1. The Morgan fingerprint density at radius 1 is 1.03 bits per heavy atom. The maximum absolute atomic E-state index is 13.6. The number of hydrogen-bond donors (Lipinski definition) is 0. The Hall–Kier alpha value is -4.08. The fourth-order valence-corrected chi connectivity index (χ4v) is 3.69. The Labute approximate surface area is 192 Å². The lowest BCUT2D eigenvalue weighted by atomic mass is 10.00. The van der Waals surface area contributed by atoms with Gasteiger partial charge in [-0.2, -0.15) is 13.2 Å². The molecule has 34 heavy (non-hydrogen) atoms. The van der Waals surface area contributed by atoms with Gasteiger partial charge in [0.05, 0.1) is 42.1 Å². The summed E-state index contributed by atoms with van der Waals surface area (Å²) in [6, 6.07) is 11.3. The van der Waals surface area contributed by atoms with Crippen molar-refractivity contribution in [2.24, 2.45) is 0 Å². The van der Waals surface area contributed by atoms with Crippen molar-refractivity contribution >= 4 is 22.7 Å². The Kier molecular flexibility index (Phi) is 5.90. The molecule has 0 bridgehead atoms. The standard InChI is InChI=1S/C24H20F3N3O4/c1-13-21-16(23(31)30(2)14-9-10-19(32-3)20(11-14)33-4)12-18(28-22(21)34-29-13)15-7-5-6-8-17(15)24(25,26)27/h5-12H,1-4H3. The Balaban J connectivity index is 1.87. The fraction of sp³-hybridized carbons (Fsp3) is 0.208. The zero-order chi connectivity index (χ0) is 24.6. The number of ether oxygens (including phenoxy) is 2. The highest BCUT2D eigenvalue weighted by Crippen LogP contribution is 2.38. The monoisotopic (exact) mass is 471 g/mol. The predicted octanol–water partition coefficient (Wildman–Crippen LogP) is 5.51. The molecule has 2 aromatic carbocycles. The van der Waals surface area contributed by atoms with E-state index in [2.05, 4.69) is 10.1 Å². The topological polar surface area (TPSA) is 77.7 Å². The van der Waals surface area contributed by atoms with Crippen LogP contribution >= 0.6 is 0 Å². The van der Waals surface area contributed by atoms with E-state index in [-0.39, 0.29) is 22.5 Å². The number of carbonyl (C=O) groups is 1. The van der Waals surface area contributed by atoms with Crippen molar-refractivity contribution in [3.05, 3.63) is 65.4 Å². The molecule has 4 aromatic rings. The third-order valence-electron chi connectivity index (χ3n) is 5.41. The number of aromatic nitrogens is 2. The van der Waals surface area contributed by atoms with E-state index in [1.807, 2.05) is 0 Å². The van der Waals surface area contributed by atoms with Crippen LogP contribution in [0.3, 0.4) is 0 Å². The number of amides is 1. The molecular formula is C24H20F3N3O4. The maximum Gasteiger partial charge on any atom is 0.417 e. The third-order valence-corrected chi connectivity index (χ3v) is 5.41. The number of hydrogen-bond acceptors (Lipinski definition) is 6. The predicted molar refractivity (Wildman–Crippen MR) is 119 cm³/mol. The molecule has 0 saturated heterocycles. The van der Waals surface area contributed by atoms with E-state index >= 15 is 0 Å². The molecule has 0 atom stereocenters. The smallest absolute Gasteiger partial charge is 0.417 e. The normalized spacial score (nSPS) is 11.5. The molecule has 0 saturated carbocycles. The molecule has 2 heterocycles. The minimum absolute atomic E-state index is 0.0314.